The number of ketones is 2. The molecule has 1 N–H and O–H groups in total. The maximum absolute atomic E-state index is 11.7. The molecular formula is C14H23NO4. The fourth-order valence-corrected chi connectivity index (χ4v) is 1.81. The van der Waals surface area contributed by atoms with Crippen molar-refractivity contribution in [1.29, 1.82) is 0 Å². The van der Waals surface area contributed by atoms with Gasteiger partial charge in [-0.3, -0.25) is 14.4 Å². The van der Waals surface area contributed by atoms with Crippen LogP contribution in [0.2, 0.25) is 0 Å². The second kappa shape index (κ2) is 6.80. The molecule has 1 aliphatic carbocycles. The summed E-state index contributed by atoms with van der Waals surface area (Å²) in [4.78, 5) is 34.2. The first-order valence-electron chi connectivity index (χ1n) is 6.77. The number of Topliss-reactive ketones (excluding diaryl/α,β-unsaturated/α-hetero) is 2. The molecule has 5 heteroatoms. The quantitative estimate of drug-likeness (QED) is 0.555. The number of hydrogen-bond donors (Lipinski definition) is 1. The fourth-order valence-electron chi connectivity index (χ4n) is 1.81. The Balaban J connectivity index is 2.14. The van der Waals surface area contributed by atoms with Crippen LogP contribution in [-0.4, -0.2) is 37.2 Å². The summed E-state index contributed by atoms with van der Waals surface area (Å²) >= 11 is 0. The Morgan fingerprint density at radius 2 is 2.11 bits per heavy atom. The van der Waals surface area contributed by atoms with Gasteiger partial charge in [-0.25, -0.2) is 0 Å². The lowest BCUT2D eigenvalue weighted by molar-refractivity contribution is -0.130. The Bertz CT molecular complexity index is 362. The fraction of sp³-hybridized carbons (Fsp3) is 0.786. The van der Waals surface area contributed by atoms with Gasteiger partial charge in [-0.1, -0.05) is 20.8 Å². The molecule has 1 amide bonds. The van der Waals surface area contributed by atoms with Crippen LogP contribution in [0.1, 0.15) is 40.0 Å². The summed E-state index contributed by atoms with van der Waals surface area (Å²) < 4.78 is 5.35. The monoisotopic (exact) mass is 269 g/mol. The van der Waals surface area contributed by atoms with Gasteiger partial charge < -0.3 is 10.1 Å². The number of nitrogens with one attached hydrogen (secondary N) is 1. The van der Waals surface area contributed by atoms with Crippen molar-refractivity contribution in [3.05, 3.63) is 0 Å². The Labute approximate surface area is 114 Å². The van der Waals surface area contributed by atoms with Crippen LogP contribution in [0.25, 0.3) is 0 Å². The minimum Gasteiger partial charge on any atom is -0.379 e. The normalized spacial score (nSPS) is 19.8. The van der Waals surface area contributed by atoms with E-state index in [0.717, 1.165) is 6.42 Å². The van der Waals surface area contributed by atoms with Crippen LogP contribution in [0.4, 0.5) is 0 Å². The second-order valence-corrected chi connectivity index (χ2v) is 5.65. The molecule has 108 valence electrons. The molecule has 1 saturated carbocycles. The van der Waals surface area contributed by atoms with E-state index in [2.05, 4.69) is 5.32 Å². The van der Waals surface area contributed by atoms with Crippen LogP contribution in [0.5, 0.6) is 0 Å². The molecule has 1 fully saturated rings. The maximum Gasteiger partial charge on any atom is 0.225 e. The van der Waals surface area contributed by atoms with Crippen LogP contribution in [0, 0.1) is 11.3 Å². The maximum atomic E-state index is 11.7. The first-order valence-corrected chi connectivity index (χ1v) is 6.77. The lowest BCUT2D eigenvalue weighted by atomic mass is 9.89. The summed E-state index contributed by atoms with van der Waals surface area (Å²) in [6.07, 6.45) is 1.13. The molecular weight excluding hydrogens is 246 g/mol. The minimum absolute atomic E-state index is 0.00315. The highest BCUT2D eigenvalue weighted by atomic mass is 16.5. The summed E-state index contributed by atoms with van der Waals surface area (Å²) in [6, 6.07) is 0. The average molecular weight is 269 g/mol. The number of carbonyl (C=O) groups excluding carboxylic acids is 3. The predicted octanol–water partition coefficient (Wildman–Crippen LogP) is 1.10. The molecule has 0 bridgehead atoms. The number of ether oxygens (including phenoxy) is 1. The third-order valence-corrected chi connectivity index (χ3v) is 3.65. The summed E-state index contributed by atoms with van der Waals surface area (Å²) in [5.74, 6) is -0.307. The van der Waals surface area contributed by atoms with E-state index in [1.807, 2.05) is 20.8 Å². The number of amides is 1. The highest BCUT2D eigenvalue weighted by molar-refractivity contribution is 6.07. The Kier molecular flexibility index (Phi) is 5.66. The molecule has 1 unspecified atom stereocenters. The van der Waals surface area contributed by atoms with E-state index in [0.29, 0.717) is 19.6 Å². The Morgan fingerprint density at radius 1 is 1.42 bits per heavy atom. The topological polar surface area (TPSA) is 72.5 Å². The third-order valence-electron chi connectivity index (χ3n) is 3.65. The Morgan fingerprint density at radius 3 is 2.63 bits per heavy atom. The van der Waals surface area contributed by atoms with Gasteiger partial charge in [0.15, 0.2) is 0 Å². The first kappa shape index (κ1) is 15.8. The molecule has 1 rings (SSSR count). The van der Waals surface area contributed by atoms with Crippen LogP contribution >= 0.6 is 0 Å². The molecule has 0 aromatic carbocycles. The molecule has 0 aromatic heterocycles. The van der Waals surface area contributed by atoms with Gasteiger partial charge in [-0.2, -0.15) is 0 Å². The van der Waals surface area contributed by atoms with Gasteiger partial charge in [0.2, 0.25) is 5.91 Å². The van der Waals surface area contributed by atoms with E-state index in [9.17, 15) is 14.4 Å². The van der Waals surface area contributed by atoms with Crippen LogP contribution < -0.4 is 5.32 Å². The van der Waals surface area contributed by atoms with Crippen LogP contribution in [-0.2, 0) is 19.1 Å². The zero-order chi connectivity index (χ0) is 14.5. The molecule has 0 heterocycles. The molecule has 1 atom stereocenters. The first-order chi connectivity index (χ1) is 8.86. The zero-order valence-electron chi connectivity index (χ0n) is 12.0. The van der Waals surface area contributed by atoms with Crippen molar-refractivity contribution in [3.8, 4) is 0 Å². The summed E-state index contributed by atoms with van der Waals surface area (Å²) in [5.41, 5.74) is -0.367. The highest BCUT2D eigenvalue weighted by Crippen LogP contribution is 2.19. The molecule has 0 saturated heterocycles. The van der Waals surface area contributed by atoms with Gasteiger partial charge in [0.05, 0.1) is 19.6 Å². The predicted molar refractivity (Wildman–Crippen MR) is 70.6 cm³/mol. The van der Waals surface area contributed by atoms with Crippen LogP contribution in [0.15, 0.2) is 0 Å². The van der Waals surface area contributed by atoms with Gasteiger partial charge in [-0.15, -0.1) is 0 Å². The minimum atomic E-state index is -0.367. The van der Waals surface area contributed by atoms with Gasteiger partial charge in [-0.05, 0) is 6.42 Å². The molecule has 0 aliphatic heterocycles. The number of hydrogen-bond acceptors (Lipinski definition) is 4. The summed E-state index contributed by atoms with van der Waals surface area (Å²) in [5, 5.41) is 2.80. The smallest absolute Gasteiger partial charge is 0.225 e. The van der Waals surface area contributed by atoms with Gasteiger partial charge in [0, 0.05) is 24.3 Å². The lowest BCUT2D eigenvalue weighted by Gasteiger charge is -2.21. The molecule has 1 aliphatic rings. The SMILES string of the molecule is CCC(C)(C)C(=O)NCCOCC1CC(=O)CC1=O. The summed E-state index contributed by atoms with van der Waals surface area (Å²) in [7, 11) is 0. The molecule has 19 heavy (non-hydrogen) atoms. The van der Waals surface area contributed by atoms with Gasteiger partial charge in [0.1, 0.15) is 11.6 Å². The van der Waals surface area contributed by atoms with Crippen molar-refractivity contribution < 1.29 is 19.1 Å². The second-order valence-electron chi connectivity index (χ2n) is 5.65. The summed E-state index contributed by atoms with van der Waals surface area (Å²) in [6.45, 7) is 6.83. The van der Waals surface area contributed by atoms with Crippen molar-refractivity contribution in [2.24, 2.45) is 11.3 Å². The van der Waals surface area contributed by atoms with E-state index >= 15 is 0 Å². The molecule has 0 aromatic rings. The standard InChI is InChI=1S/C14H23NO4/c1-4-14(2,3)13(18)15-5-6-19-9-10-7-11(16)8-12(10)17/h10H,4-9H2,1-3H3,(H,15,18). The van der Waals surface area contributed by atoms with Gasteiger partial charge in [0.25, 0.3) is 0 Å². The molecule has 0 spiro atoms. The van der Waals surface area contributed by atoms with E-state index in [-0.39, 0.29) is 41.8 Å². The van der Waals surface area contributed by atoms with Crippen LogP contribution in [0.3, 0.4) is 0 Å². The van der Waals surface area contributed by atoms with E-state index in [4.69, 9.17) is 4.74 Å². The van der Waals surface area contributed by atoms with Crippen molar-refractivity contribution in [1.82, 2.24) is 5.32 Å². The van der Waals surface area contributed by atoms with Crippen molar-refractivity contribution in [2.75, 3.05) is 19.8 Å². The van der Waals surface area contributed by atoms with E-state index < -0.39 is 0 Å². The largest absolute Gasteiger partial charge is 0.379 e. The highest BCUT2D eigenvalue weighted by Gasteiger charge is 2.30. The third kappa shape index (κ3) is 4.74. The number of rotatable bonds is 7. The van der Waals surface area contributed by atoms with Gasteiger partial charge >= 0.3 is 0 Å². The molecule has 5 nitrogen and oxygen atoms in total. The van der Waals surface area contributed by atoms with Crippen molar-refractivity contribution >= 4 is 17.5 Å². The number of carbonyl (C=O) groups is 3. The van der Waals surface area contributed by atoms with E-state index in [1.165, 1.54) is 0 Å². The van der Waals surface area contributed by atoms with Crippen molar-refractivity contribution in [3.63, 3.8) is 0 Å². The average Bonchev–Trinajstić information content (AvgIpc) is 2.67. The zero-order valence-corrected chi connectivity index (χ0v) is 12.0. The Hall–Kier alpha value is -1.23. The van der Waals surface area contributed by atoms with Crippen molar-refractivity contribution in [2.45, 2.75) is 40.0 Å². The lowest BCUT2D eigenvalue weighted by Crippen LogP contribution is -2.38. The molecule has 0 radical (unpaired) electrons. The van der Waals surface area contributed by atoms with E-state index in [1.54, 1.807) is 0 Å².